The number of rotatable bonds is 4. The lowest BCUT2D eigenvalue weighted by atomic mass is 10.0. The number of anilines is 1. The zero-order chi connectivity index (χ0) is 20.5. The molecule has 28 heavy (non-hydrogen) atoms. The maximum Gasteiger partial charge on any atom is 0.264 e. The number of carbonyl (C=O) groups is 1. The van der Waals surface area contributed by atoms with Gasteiger partial charge >= 0.3 is 0 Å². The average Bonchev–Trinajstić information content (AvgIpc) is 2.68. The number of sulfonamides is 1. The van der Waals surface area contributed by atoms with Crippen LogP contribution in [0, 0.1) is 5.82 Å². The molecule has 1 unspecified atom stereocenters. The second-order valence-electron chi connectivity index (χ2n) is 6.93. The van der Waals surface area contributed by atoms with Crippen molar-refractivity contribution in [2.45, 2.75) is 37.1 Å². The van der Waals surface area contributed by atoms with Crippen LogP contribution in [0.3, 0.4) is 0 Å². The third-order valence-corrected chi connectivity index (χ3v) is 7.19. The van der Waals surface area contributed by atoms with Crippen LogP contribution >= 0.6 is 11.6 Å². The van der Waals surface area contributed by atoms with Crippen molar-refractivity contribution in [1.82, 2.24) is 4.90 Å². The molecule has 0 saturated carbocycles. The van der Waals surface area contributed by atoms with Gasteiger partial charge in [0.25, 0.3) is 15.9 Å². The van der Waals surface area contributed by atoms with Gasteiger partial charge < -0.3 is 4.90 Å². The van der Waals surface area contributed by atoms with Gasteiger partial charge in [-0.2, -0.15) is 0 Å². The van der Waals surface area contributed by atoms with Gasteiger partial charge in [-0.25, -0.2) is 12.8 Å². The summed E-state index contributed by atoms with van der Waals surface area (Å²) >= 11 is 6.22. The molecule has 0 spiro atoms. The molecule has 2 aromatic rings. The standard InChI is InChI=1S/C20H22ClFN2O3S/c1-14-5-3-4-12-24(14)20(25)18-13-17(10-11-19(18)21)28(26,27)23(2)16-8-6-15(22)7-9-16/h6-11,13-14H,3-5,12H2,1-2H3. The van der Waals surface area contributed by atoms with Crippen LogP contribution in [0.25, 0.3) is 0 Å². The summed E-state index contributed by atoms with van der Waals surface area (Å²) in [5.74, 6) is -0.719. The Morgan fingerprint density at radius 2 is 1.86 bits per heavy atom. The van der Waals surface area contributed by atoms with E-state index < -0.39 is 15.8 Å². The molecular weight excluding hydrogens is 403 g/mol. The van der Waals surface area contributed by atoms with Crippen molar-refractivity contribution in [3.63, 3.8) is 0 Å². The normalized spacial score (nSPS) is 17.4. The molecule has 0 aliphatic carbocycles. The first kappa shape index (κ1) is 20.6. The predicted molar refractivity (Wildman–Crippen MR) is 108 cm³/mol. The zero-order valence-corrected chi connectivity index (χ0v) is 17.3. The topological polar surface area (TPSA) is 57.7 Å². The second-order valence-corrected chi connectivity index (χ2v) is 9.31. The minimum atomic E-state index is -3.94. The van der Waals surface area contributed by atoms with Crippen LogP contribution in [-0.4, -0.2) is 38.9 Å². The van der Waals surface area contributed by atoms with Gasteiger partial charge in [0.15, 0.2) is 0 Å². The van der Waals surface area contributed by atoms with Gasteiger partial charge in [0.05, 0.1) is 21.2 Å². The summed E-state index contributed by atoms with van der Waals surface area (Å²) < 4.78 is 40.2. The van der Waals surface area contributed by atoms with Gasteiger partial charge in [-0.15, -0.1) is 0 Å². The highest BCUT2D eigenvalue weighted by atomic mass is 35.5. The van der Waals surface area contributed by atoms with Crippen LogP contribution in [0.4, 0.5) is 10.1 Å². The molecule has 1 saturated heterocycles. The van der Waals surface area contributed by atoms with E-state index in [0.717, 1.165) is 23.6 Å². The molecule has 8 heteroatoms. The number of halogens is 2. The lowest BCUT2D eigenvalue weighted by molar-refractivity contribution is 0.0635. The highest BCUT2D eigenvalue weighted by Gasteiger charge is 2.28. The highest BCUT2D eigenvalue weighted by molar-refractivity contribution is 7.92. The van der Waals surface area contributed by atoms with E-state index in [1.807, 2.05) is 6.92 Å². The van der Waals surface area contributed by atoms with Gasteiger partial charge in [0.2, 0.25) is 0 Å². The summed E-state index contributed by atoms with van der Waals surface area (Å²) in [5.41, 5.74) is 0.484. The van der Waals surface area contributed by atoms with Crippen molar-refractivity contribution in [2.24, 2.45) is 0 Å². The van der Waals surface area contributed by atoms with E-state index in [1.165, 1.54) is 49.5 Å². The number of nitrogens with zero attached hydrogens (tertiary/aromatic N) is 2. The Kier molecular flexibility index (Phi) is 5.95. The lowest BCUT2D eigenvalue weighted by Gasteiger charge is -2.33. The minimum Gasteiger partial charge on any atom is -0.336 e. The fraction of sp³-hybridized carbons (Fsp3) is 0.350. The number of hydrogen-bond donors (Lipinski definition) is 0. The maximum absolute atomic E-state index is 13.1. The Balaban J connectivity index is 1.95. The first-order valence-corrected chi connectivity index (χ1v) is 10.9. The fourth-order valence-electron chi connectivity index (χ4n) is 3.33. The van der Waals surface area contributed by atoms with E-state index in [1.54, 1.807) is 4.90 Å². The second kappa shape index (κ2) is 8.09. The van der Waals surface area contributed by atoms with E-state index >= 15 is 0 Å². The molecule has 5 nitrogen and oxygen atoms in total. The van der Waals surface area contributed by atoms with Crippen LogP contribution in [-0.2, 0) is 10.0 Å². The van der Waals surface area contributed by atoms with Gasteiger partial charge in [-0.05, 0) is 68.7 Å². The number of carbonyl (C=O) groups excluding carboxylic acids is 1. The summed E-state index contributed by atoms with van der Waals surface area (Å²) in [6, 6.07) is 9.34. The van der Waals surface area contributed by atoms with E-state index in [-0.39, 0.29) is 27.4 Å². The predicted octanol–water partition coefficient (Wildman–Crippen LogP) is 4.32. The Morgan fingerprint density at radius 1 is 1.18 bits per heavy atom. The summed E-state index contributed by atoms with van der Waals surface area (Å²) in [7, 11) is -2.56. The SMILES string of the molecule is CC1CCCCN1C(=O)c1cc(S(=O)(=O)N(C)c2ccc(F)cc2)ccc1Cl. The molecule has 0 radical (unpaired) electrons. The molecule has 150 valence electrons. The number of piperidine rings is 1. The van der Waals surface area contributed by atoms with E-state index in [0.29, 0.717) is 12.2 Å². The van der Waals surface area contributed by atoms with E-state index in [2.05, 4.69) is 0 Å². The van der Waals surface area contributed by atoms with Gasteiger partial charge in [0.1, 0.15) is 5.82 Å². The number of likely N-dealkylation sites (tertiary alicyclic amines) is 1. The Morgan fingerprint density at radius 3 is 2.50 bits per heavy atom. The molecule has 3 rings (SSSR count). The molecule has 1 atom stereocenters. The van der Waals surface area contributed by atoms with Crippen LogP contribution in [0.15, 0.2) is 47.4 Å². The van der Waals surface area contributed by atoms with Crippen LogP contribution in [0.2, 0.25) is 5.02 Å². The molecule has 0 bridgehead atoms. The summed E-state index contributed by atoms with van der Waals surface area (Å²) in [6.45, 7) is 2.61. The molecule has 1 aliphatic rings. The average molecular weight is 425 g/mol. The molecule has 2 aromatic carbocycles. The summed E-state index contributed by atoms with van der Waals surface area (Å²) in [5, 5.41) is 0.214. The largest absolute Gasteiger partial charge is 0.336 e. The number of amides is 1. The molecule has 0 aromatic heterocycles. The Hall–Kier alpha value is -2.12. The molecule has 1 amide bonds. The van der Waals surface area contributed by atoms with Gasteiger partial charge in [-0.3, -0.25) is 9.10 Å². The highest BCUT2D eigenvalue weighted by Crippen LogP contribution is 2.28. The van der Waals surface area contributed by atoms with Crippen molar-refractivity contribution in [2.75, 3.05) is 17.9 Å². The lowest BCUT2D eigenvalue weighted by Crippen LogP contribution is -2.42. The molecular formula is C20H22ClFN2O3S. The molecule has 1 fully saturated rings. The van der Waals surface area contributed by atoms with Crippen molar-refractivity contribution < 1.29 is 17.6 Å². The van der Waals surface area contributed by atoms with Gasteiger partial charge in [0, 0.05) is 19.6 Å². The Labute approximate surface area is 169 Å². The monoisotopic (exact) mass is 424 g/mol. The quantitative estimate of drug-likeness (QED) is 0.734. The van der Waals surface area contributed by atoms with Crippen molar-refractivity contribution >= 4 is 33.2 Å². The fourth-order valence-corrected chi connectivity index (χ4v) is 4.75. The third-order valence-electron chi connectivity index (χ3n) is 5.08. The molecule has 1 heterocycles. The third kappa shape index (κ3) is 4.00. The summed E-state index contributed by atoms with van der Waals surface area (Å²) in [4.78, 5) is 14.7. The van der Waals surface area contributed by atoms with Gasteiger partial charge in [-0.1, -0.05) is 11.6 Å². The Bertz CT molecular complexity index is 979. The molecule has 1 aliphatic heterocycles. The van der Waals surface area contributed by atoms with E-state index in [4.69, 9.17) is 11.6 Å². The first-order valence-electron chi connectivity index (χ1n) is 9.07. The smallest absolute Gasteiger partial charge is 0.264 e. The molecule has 0 N–H and O–H groups in total. The number of benzene rings is 2. The van der Waals surface area contributed by atoms with E-state index in [9.17, 15) is 17.6 Å². The number of hydrogen-bond acceptors (Lipinski definition) is 3. The van der Waals surface area contributed by atoms with Crippen LogP contribution < -0.4 is 4.31 Å². The van der Waals surface area contributed by atoms with Crippen LogP contribution in [0.1, 0.15) is 36.5 Å². The summed E-state index contributed by atoms with van der Waals surface area (Å²) in [6.07, 6.45) is 2.89. The van der Waals surface area contributed by atoms with Crippen LogP contribution in [0.5, 0.6) is 0 Å². The van der Waals surface area contributed by atoms with Crippen molar-refractivity contribution in [3.8, 4) is 0 Å². The van der Waals surface area contributed by atoms with Crippen molar-refractivity contribution in [1.29, 1.82) is 0 Å². The first-order chi connectivity index (χ1) is 13.2. The zero-order valence-electron chi connectivity index (χ0n) is 15.7. The maximum atomic E-state index is 13.1. The minimum absolute atomic E-state index is 0.0447. The van der Waals surface area contributed by atoms with Crippen molar-refractivity contribution in [3.05, 3.63) is 58.9 Å².